The van der Waals surface area contributed by atoms with E-state index in [9.17, 15) is 9.90 Å². The average Bonchev–Trinajstić information content (AvgIpc) is 3.21. The molecule has 128 valence electrons. The number of β-amino-alcohol motifs (C(OH)–C–C–N with tert-alkyl or cyclic N) is 1. The van der Waals surface area contributed by atoms with Gasteiger partial charge in [0.25, 0.3) is 5.91 Å². The van der Waals surface area contributed by atoms with Gasteiger partial charge in [-0.1, -0.05) is 19.1 Å². The number of likely N-dealkylation sites (tertiary alicyclic amines) is 1. The Hall–Kier alpha value is -2.34. The first-order chi connectivity index (χ1) is 11.6. The lowest BCUT2D eigenvalue weighted by Crippen LogP contribution is -2.31. The molecule has 2 aromatic rings. The number of amides is 1. The molecule has 1 fully saturated rings. The second kappa shape index (κ2) is 7.05. The van der Waals surface area contributed by atoms with Crippen molar-refractivity contribution >= 4 is 5.91 Å². The SMILES string of the molecule is CCCn1cc(C(=O)N2C[C@H](O)C[C@H]2c2cccc(OC)c2)cn1. The van der Waals surface area contributed by atoms with Crippen LogP contribution in [0.5, 0.6) is 5.75 Å². The lowest BCUT2D eigenvalue weighted by atomic mass is 10.0. The van der Waals surface area contributed by atoms with E-state index in [1.54, 1.807) is 29.1 Å². The summed E-state index contributed by atoms with van der Waals surface area (Å²) in [5.41, 5.74) is 1.53. The Morgan fingerprint density at radius 2 is 2.29 bits per heavy atom. The molecule has 0 unspecified atom stereocenters. The molecule has 1 saturated heterocycles. The number of rotatable bonds is 5. The van der Waals surface area contributed by atoms with Crippen molar-refractivity contribution in [2.45, 2.75) is 38.5 Å². The average molecular weight is 329 g/mol. The molecule has 0 spiro atoms. The Kier molecular flexibility index (Phi) is 4.85. The third-order valence-corrected chi connectivity index (χ3v) is 4.35. The maximum Gasteiger partial charge on any atom is 0.257 e. The predicted molar refractivity (Wildman–Crippen MR) is 89.9 cm³/mol. The molecular weight excluding hydrogens is 306 g/mol. The van der Waals surface area contributed by atoms with Crippen LogP contribution in [-0.2, 0) is 6.54 Å². The molecule has 0 aliphatic carbocycles. The van der Waals surface area contributed by atoms with Crippen LogP contribution in [0, 0.1) is 0 Å². The summed E-state index contributed by atoms with van der Waals surface area (Å²) in [7, 11) is 1.62. The Morgan fingerprint density at radius 3 is 3.04 bits per heavy atom. The van der Waals surface area contributed by atoms with Gasteiger partial charge in [0.15, 0.2) is 0 Å². The van der Waals surface area contributed by atoms with Gasteiger partial charge in [0.1, 0.15) is 5.75 Å². The van der Waals surface area contributed by atoms with E-state index in [0.29, 0.717) is 18.5 Å². The minimum atomic E-state index is -0.518. The standard InChI is InChI=1S/C18H23N3O3/c1-3-7-20-11-14(10-19-20)18(23)21-12-15(22)9-17(21)13-5-4-6-16(8-13)24-2/h4-6,8,10-11,15,17,22H,3,7,9,12H2,1-2H3/t15-,17+/m1/s1. The maximum atomic E-state index is 12.9. The molecule has 1 aliphatic rings. The van der Waals surface area contributed by atoms with Crippen molar-refractivity contribution in [2.75, 3.05) is 13.7 Å². The maximum absolute atomic E-state index is 12.9. The Bertz CT molecular complexity index is 713. The minimum absolute atomic E-state index is 0.0956. The van der Waals surface area contributed by atoms with Crippen LogP contribution in [0.1, 0.15) is 41.7 Å². The summed E-state index contributed by atoms with van der Waals surface area (Å²) < 4.78 is 7.05. The summed E-state index contributed by atoms with van der Waals surface area (Å²) in [5.74, 6) is 0.652. The fourth-order valence-corrected chi connectivity index (χ4v) is 3.19. The first kappa shape index (κ1) is 16.5. The van der Waals surface area contributed by atoms with Crippen LogP contribution in [0.2, 0.25) is 0 Å². The highest BCUT2D eigenvalue weighted by Gasteiger charge is 2.36. The van der Waals surface area contributed by atoms with E-state index in [-0.39, 0.29) is 11.9 Å². The lowest BCUT2D eigenvalue weighted by molar-refractivity contribution is 0.0715. The number of carbonyl (C=O) groups is 1. The second-order valence-corrected chi connectivity index (χ2v) is 6.13. The molecule has 24 heavy (non-hydrogen) atoms. The molecule has 6 heteroatoms. The van der Waals surface area contributed by atoms with Crippen LogP contribution >= 0.6 is 0 Å². The number of aromatic nitrogens is 2. The summed E-state index contributed by atoms with van der Waals surface area (Å²) in [6.07, 6.45) is 4.35. The monoisotopic (exact) mass is 329 g/mol. The van der Waals surface area contributed by atoms with Gasteiger partial charge in [-0.25, -0.2) is 0 Å². The predicted octanol–water partition coefficient (Wildman–Crippen LogP) is 2.25. The van der Waals surface area contributed by atoms with Crippen molar-refractivity contribution in [2.24, 2.45) is 0 Å². The molecule has 0 radical (unpaired) electrons. The van der Waals surface area contributed by atoms with Gasteiger partial charge in [-0.15, -0.1) is 0 Å². The number of nitrogens with zero attached hydrogens (tertiary/aromatic N) is 3. The molecular formula is C18H23N3O3. The summed E-state index contributed by atoms with van der Waals surface area (Å²) in [4.78, 5) is 14.6. The molecule has 2 atom stereocenters. The highest BCUT2D eigenvalue weighted by Crippen LogP contribution is 2.34. The third-order valence-electron chi connectivity index (χ3n) is 4.35. The van der Waals surface area contributed by atoms with Gasteiger partial charge < -0.3 is 14.7 Å². The van der Waals surface area contributed by atoms with Crippen molar-refractivity contribution < 1.29 is 14.6 Å². The molecule has 1 aliphatic heterocycles. The smallest absolute Gasteiger partial charge is 0.257 e. The largest absolute Gasteiger partial charge is 0.497 e. The molecule has 0 bridgehead atoms. The van der Waals surface area contributed by atoms with Gasteiger partial charge in [0.2, 0.25) is 0 Å². The normalized spacial score (nSPS) is 20.4. The fraction of sp³-hybridized carbons (Fsp3) is 0.444. The van der Waals surface area contributed by atoms with Crippen molar-refractivity contribution in [1.29, 1.82) is 0 Å². The number of methoxy groups -OCH3 is 1. The van der Waals surface area contributed by atoms with E-state index >= 15 is 0 Å². The molecule has 1 aromatic heterocycles. The number of ether oxygens (including phenoxy) is 1. The summed E-state index contributed by atoms with van der Waals surface area (Å²) >= 11 is 0. The van der Waals surface area contributed by atoms with Gasteiger partial charge in [0, 0.05) is 19.3 Å². The number of carbonyl (C=O) groups excluding carboxylic acids is 1. The number of aliphatic hydroxyl groups excluding tert-OH is 1. The summed E-state index contributed by atoms with van der Waals surface area (Å²) in [6.45, 7) is 3.19. The summed E-state index contributed by atoms with van der Waals surface area (Å²) in [5, 5.41) is 14.3. The van der Waals surface area contributed by atoms with Crippen LogP contribution in [0.4, 0.5) is 0 Å². The zero-order valence-corrected chi connectivity index (χ0v) is 14.1. The van der Waals surface area contributed by atoms with E-state index in [2.05, 4.69) is 12.0 Å². The number of hydrogen-bond acceptors (Lipinski definition) is 4. The summed E-state index contributed by atoms with van der Waals surface area (Å²) in [6, 6.07) is 7.50. The van der Waals surface area contributed by atoms with Crippen LogP contribution < -0.4 is 4.74 Å². The Labute approximate surface area is 141 Å². The van der Waals surface area contributed by atoms with Crippen molar-refractivity contribution in [3.63, 3.8) is 0 Å². The number of hydrogen-bond donors (Lipinski definition) is 1. The fourth-order valence-electron chi connectivity index (χ4n) is 3.19. The van der Waals surface area contributed by atoms with E-state index in [1.165, 1.54) is 0 Å². The van der Waals surface area contributed by atoms with E-state index in [1.807, 2.05) is 24.3 Å². The first-order valence-electron chi connectivity index (χ1n) is 8.27. The highest BCUT2D eigenvalue weighted by molar-refractivity contribution is 5.94. The molecule has 1 N–H and O–H groups in total. The van der Waals surface area contributed by atoms with Crippen LogP contribution in [-0.4, -0.2) is 45.5 Å². The topological polar surface area (TPSA) is 67.6 Å². The highest BCUT2D eigenvalue weighted by atomic mass is 16.5. The van der Waals surface area contributed by atoms with Crippen LogP contribution in [0.3, 0.4) is 0 Å². The first-order valence-corrected chi connectivity index (χ1v) is 8.27. The van der Waals surface area contributed by atoms with Crippen LogP contribution in [0.15, 0.2) is 36.7 Å². The van der Waals surface area contributed by atoms with Gasteiger partial charge in [-0.05, 0) is 30.5 Å². The zero-order valence-electron chi connectivity index (χ0n) is 14.1. The Morgan fingerprint density at radius 1 is 1.46 bits per heavy atom. The van der Waals surface area contributed by atoms with E-state index in [0.717, 1.165) is 24.3 Å². The minimum Gasteiger partial charge on any atom is -0.497 e. The van der Waals surface area contributed by atoms with Gasteiger partial charge in [-0.2, -0.15) is 5.10 Å². The number of aliphatic hydroxyl groups is 1. The van der Waals surface area contributed by atoms with Crippen molar-refractivity contribution in [1.82, 2.24) is 14.7 Å². The molecule has 2 heterocycles. The third kappa shape index (κ3) is 3.28. The second-order valence-electron chi connectivity index (χ2n) is 6.13. The van der Waals surface area contributed by atoms with E-state index < -0.39 is 6.10 Å². The number of aryl methyl sites for hydroxylation is 1. The Balaban J connectivity index is 1.85. The zero-order chi connectivity index (χ0) is 17.1. The van der Waals surface area contributed by atoms with E-state index in [4.69, 9.17) is 4.74 Å². The lowest BCUT2D eigenvalue weighted by Gasteiger charge is -2.24. The van der Waals surface area contributed by atoms with Crippen molar-refractivity contribution in [3.8, 4) is 5.75 Å². The van der Waals surface area contributed by atoms with Gasteiger partial charge >= 0.3 is 0 Å². The molecule has 1 aromatic carbocycles. The molecule has 0 saturated carbocycles. The van der Waals surface area contributed by atoms with Crippen LogP contribution in [0.25, 0.3) is 0 Å². The molecule has 1 amide bonds. The molecule has 3 rings (SSSR count). The quantitative estimate of drug-likeness (QED) is 0.913. The molecule has 6 nitrogen and oxygen atoms in total. The number of benzene rings is 1. The van der Waals surface area contributed by atoms with Crippen molar-refractivity contribution in [3.05, 3.63) is 47.8 Å². The van der Waals surface area contributed by atoms with Gasteiger partial charge in [-0.3, -0.25) is 9.48 Å². The van der Waals surface area contributed by atoms with Gasteiger partial charge in [0.05, 0.1) is 31.0 Å².